The summed E-state index contributed by atoms with van der Waals surface area (Å²) < 4.78 is 4.06. The van der Waals surface area contributed by atoms with Crippen LogP contribution in [-0.2, 0) is 31.9 Å². The summed E-state index contributed by atoms with van der Waals surface area (Å²) in [6, 6.07) is 9.80. The molecule has 0 spiro atoms. The summed E-state index contributed by atoms with van der Waals surface area (Å²) in [5.74, 6) is -0.150. The number of carbonyl (C=O) groups excluding carboxylic acids is 1. The zero-order valence-corrected chi connectivity index (χ0v) is 18.4. The molecule has 1 N–H and O–H groups in total. The summed E-state index contributed by atoms with van der Waals surface area (Å²) in [5, 5.41) is 9.72. The molecule has 2 heterocycles. The van der Waals surface area contributed by atoms with Crippen molar-refractivity contribution in [3.05, 3.63) is 63.1 Å². The maximum absolute atomic E-state index is 12.9. The second kappa shape index (κ2) is 9.30. The molecular weight excluding hydrogens is 398 g/mol. The maximum Gasteiger partial charge on any atom is 0.332 e. The Labute approximate surface area is 180 Å². The molecule has 0 saturated carbocycles. The number of aromatic nitrogens is 4. The van der Waals surface area contributed by atoms with Crippen molar-refractivity contribution in [1.82, 2.24) is 23.6 Å². The van der Waals surface area contributed by atoms with E-state index < -0.39 is 17.4 Å². The molecule has 3 aromatic rings. The lowest BCUT2D eigenvalue weighted by molar-refractivity contribution is -0.135. The molecule has 1 aromatic carbocycles. The number of fused-ring (bicyclic) bond motifs is 1. The molecule has 9 nitrogen and oxygen atoms in total. The van der Waals surface area contributed by atoms with Crippen LogP contribution in [-0.4, -0.2) is 53.3 Å². The number of aliphatic hydroxyl groups is 1. The van der Waals surface area contributed by atoms with Crippen molar-refractivity contribution in [2.75, 3.05) is 6.54 Å². The molecule has 0 aliphatic carbocycles. The zero-order chi connectivity index (χ0) is 22.7. The third-order valence-corrected chi connectivity index (χ3v) is 5.50. The standard InChI is InChI=1S/C22H29N5O4/c1-15(12-17-8-6-5-7-9-17)27(18(29)13-16(2)28)11-10-26-14-23-20-19(26)21(30)25(4)22(31)24(20)3/h5-9,14-16,28H,10-13H2,1-4H3. The number of aliphatic hydroxyl groups excluding tert-OH is 1. The van der Waals surface area contributed by atoms with Crippen LogP contribution in [0.2, 0.25) is 0 Å². The van der Waals surface area contributed by atoms with Gasteiger partial charge >= 0.3 is 5.69 Å². The molecule has 1 amide bonds. The molecule has 2 atom stereocenters. The van der Waals surface area contributed by atoms with Crippen LogP contribution in [0.5, 0.6) is 0 Å². The highest BCUT2D eigenvalue weighted by Gasteiger charge is 2.22. The monoisotopic (exact) mass is 427 g/mol. The molecular formula is C22H29N5O4. The SMILES string of the molecule is CC(O)CC(=O)N(CCn1cnc2c1c(=O)n(C)c(=O)n2C)C(C)Cc1ccccc1. The Morgan fingerprint density at radius 2 is 1.81 bits per heavy atom. The van der Waals surface area contributed by atoms with Gasteiger partial charge in [0.15, 0.2) is 11.2 Å². The molecule has 166 valence electrons. The predicted octanol–water partition coefficient (Wildman–Crippen LogP) is 0.664. The fourth-order valence-corrected chi connectivity index (χ4v) is 3.81. The van der Waals surface area contributed by atoms with Gasteiger partial charge in [-0.3, -0.25) is 18.7 Å². The number of aryl methyl sites for hydroxylation is 1. The first kappa shape index (κ1) is 22.5. The first-order chi connectivity index (χ1) is 14.7. The van der Waals surface area contributed by atoms with E-state index in [1.165, 1.54) is 17.9 Å². The third-order valence-electron chi connectivity index (χ3n) is 5.50. The normalized spacial score (nSPS) is 13.3. The molecule has 2 unspecified atom stereocenters. The van der Waals surface area contributed by atoms with Gasteiger partial charge in [-0.2, -0.15) is 0 Å². The number of nitrogens with zero attached hydrogens (tertiary/aromatic N) is 5. The molecule has 9 heteroatoms. The van der Waals surface area contributed by atoms with Gasteiger partial charge < -0.3 is 14.6 Å². The Bertz CT molecular complexity index is 1180. The Morgan fingerprint density at radius 3 is 2.45 bits per heavy atom. The van der Waals surface area contributed by atoms with Crippen LogP contribution >= 0.6 is 0 Å². The van der Waals surface area contributed by atoms with Crippen molar-refractivity contribution < 1.29 is 9.90 Å². The van der Waals surface area contributed by atoms with Gasteiger partial charge in [-0.15, -0.1) is 0 Å². The maximum atomic E-state index is 12.9. The van der Waals surface area contributed by atoms with Crippen LogP contribution in [0.4, 0.5) is 0 Å². The molecule has 0 fully saturated rings. The van der Waals surface area contributed by atoms with E-state index >= 15 is 0 Å². The van der Waals surface area contributed by atoms with Crippen molar-refractivity contribution in [3.63, 3.8) is 0 Å². The van der Waals surface area contributed by atoms with Gasteiger partial charge in [0.1, 0.15) is 0 Å². The second-order valence-corrected chi connectivity index (χ2v) is 7.99. The molecule has 0 bridgehead atoms. The Hall–Kier alpha value is -3.20. The molecule has 3 rings (SSSR count). The number of rotatable bonds is 8. The summed E-state index contributed by atoms with van der Waals surface area (Å²) >= 11 is 0. The highest BCUT2D eigenvalue weighted by Crippen LogP contribution is 2.13. The van der Waals surface area contributed by atoms with Gasteiger partial charge in [-0.05, 0) is 25.8 Å². The zero-order valence-electron chi connectivity index (χ0n) is 18.4. The summed E-state index contributed by atoms with van der Waals surface area (Å²) in [6.07, 6.45) is 1.48. The van der Waals surface area contributed by atoms with E-state index in [2.05, 4.69) is 4.98 Å². The summed E-state index contributed by atoms with van der Waals surface area (Å²) in [4.78, 5) is 43.6. The number of hydrogen-bond acceptors (Lipinski definition) is 5. The minimum atomic E-state index is -0.741. The van der Waals surface area contributed by atoms with Gasteiger partial charge in [0.05, 0.1) is 18.9 Å². The number of hydrogen-bond donors (Lipinski definition) is 1. The van der Waals surface area contributed by atoms with Crippen LogP contribution in [0, 0.1) is 0 Å². The Kier molecular flexibility index (Phi) is 6.74. The van der Waals surface area contributed by atoms with E-state index in [0.29, 0.717) is 30.7 Å². The van der Waals surface area contributed by atoms with Crippen LogP contribution in [0.1, 0.15) is 25.8 Å². The predicted molar refractivity (Wildman–Crippen MR) is 118 cm³/mol. The molecule has 0 aliphatic heterocycles. The lowest BCUT2D eigenvalue weighted by Gasteiger charge is -2.30. The quantitative estimate of drug-likeness (QED) is 0.569. The average Bonchev–Trinajstić information content (AvgIpc) is 3.15. The molecule has 0 saturated heterocycles. The minimum Gasteiger partial charge on any atom is -0.393 e. The number of carbonyl (C=O) groups is 1. The van der Waals surface area contributed by atoms with E-state index in [9.17, 15) is 19.5 Å². The van der Waals surface area contributed by atoms with E-state index in [0.717, 1.165) is 10.1 Å². The van der Waals surface area contributed by atoms with Gasteiger partial charge in [-0.25, -0.2) is 9.78 Å². The fraction of sp³-hybridized carbons (Fsp3) is 0.455. The van der Waals surface area contributed by atoms with Crippen molar-refractivity contribution >= 4 is 17.1 Å². The first-order valence-electron chi connectivity index (χ1n) is 10.3. The lowest BCUT2D eigenvalue weighted by atomic mass is 10.1. The van der Waals surface area contributed by atoms with Crippen molar-refractivity contribution in [3.8, 4) is 0 Å². The molecule has 0 radical (unpaired) electrons. The number of benzene rings is 1. The van der Waals surface area contributed by atoms with E-state index in [-0.39, 0.29) is 18.4 Å². The van der Waals surface area contributed by atoms with E-state index in [1.54, 1.807) is 23.4 Å². The van der Waals surface area contributed by atoms with Crippen molar-refractivity contribution in [2.45, 2.75) is 45.4 Å². The molecule has 0 aliphatic rings. The van der Waals surface area contributed by atoms with Crippen LogP contribution in [0.15, 0.2) is 46.2 Å². The smallest absolute Gasteiger partial charge is 0.332 e. The van der Waals surface area contributed by atoms with Gasteiger partial charge in [0.25, 0.3) is 5.56 Å². The summed E-state index contributed by atoms with van der Waals surface area (Å²) in [7, 11) is 3.00. The average molecular weight is 428 g/mol. The Balaban J connectivity index is 1.87. The van der Waals surface area contributed by atoms with E-state index in [1.807, 2.05) is 37.3 Å². The Morgan fingerprint density at radius 1 is 1.13 bits per heavy atom. The number of amides is 1. The van der Waals surface area contributed by atoms with Gasteiger partial charge in [-0.1, -0.05) is 30.3 Å². The van der Waals surface area contributed by atoms with E-state index in [4.69, 9.17) is 0 Å². The molecule has 31 heavy (non-hydrogen) atoms. The second-order valence-electron chi connectivity index (χ2n) is 7.99. The first-order valence-corrected chi connectivity index (χ1v) is 10.3. The largest absolute Gasteiger partial charge is 0.393 e. The highest BCUT2D eigenvalue weighted by molar-refractivity contribution is 5.77. The van der Waals surface area contributed by atoms with Crippen LogP contribution in [0.3, 0.4) is 0 Å². The van der Waals surface area contributed by atoms with Gasteiger partial charge in [0.2, 0.25) is 5.91 Å². The van der Waals surface area contributed by atoms with Crippen LogP contribution in [0.25, 0.3) is 11.2 Å². The highest BCUT2D eigenvalue weighted by atomic mass is 16.3. The van der Waals surface area contributed by atoms with Gasteiger partial charge in [0, 0.05) is 33.2 Å². The van der Waals surface area contributed by atoms with Crippen LogP contribution < -0.4 is 11.2 Å². The fourth-order valence-electron chi connectivity index (χ4n) is 3.81. The minimum absolute atomic E-state index is 0.0279. The third kappa shape index (κ3) is 4.77. The lowest BCUT2D eigenvalue weighted by Crippen LogP contribution is -2.43. The summed E-state index contributed by atoms with van der Waals surface area (Å²) in [6.45, 7) is 4.25. The van der Waals surface area contributed by atoms with Crippen molar-refractivity contribution in [2.24, 2.45) is 14.1 Å². The summed E-state index contributed by atoms with van der Waals surface area (Å²) in [5.41, 5.74) is 0.889. The molecule has 2 aromatic heterocycles. The topological polar surface area (TPSA) is 102 Å². The number of imidazole rings is 1. The van der Waals surface area contributed by atoms with Crippen molar-refractivity contribution in [1.29, 1.82) is 0 Å².